The normalized spacial score (nSPS) is 15.2. The second kappa shape index (κ2) is 7.03. The second-order valence-electron chi connectivity index (χ2n) is 7.09. The third kappa shape index (κ3) is 4.34. The highest BCUT2D eigenvalue weighted by Crippen LogP contribution is 2.19. The summed E-state index contributed by atoms with van der Waals surface area (Å²) >= 11 is 0. The van der Waals surface area contributed by atoms with E-state index in [9.17, 15) is 14.4 Å². The number of hydrogen-bond acceptors (Lipinski definition) is 3. The lowest BCUT2D eigenvalue weighted by Crippen LogP contribution is -2.53. The topological polar surface area (TPSA) is 69.7 Å². The van der Waals surface area contributed by atoms with Gasteiger partial charge in [0.15, 0.2) is 0 Å². The van der Waals surface area contributed by atoms with Crippen LogP contribution in [0.25, 0.3) is 0 Å². The summed E-state index contributed by atoms with van der Waals surface area (Å²) in [7, 11) is 0. The molecule has 0 bridgehead atoms. The van der Waals surface area contributed by atoms with E-state index in [1.807, 2.05) is 25.7 Å². The molecule has 24 heavy (non-hydrogen) atoms. The summed E-state index contributed by atoms with van der Waals surface area (Å²) in [4.78, 5) is 39.4. The largest absolute Gasteiger partial charge is 0.339 e. The molecule has 1 heterocycles. The van der Waals surface area contributed by atoms with Crippen LogP contribution in [-0.4, -0.2) is 53.7 Å². The van der Waals surface area contributed by atoms with E-state index in [4.69, 9.17) is 0 Å². The van der Waals surface area contributed by atoms with Gasteiger partial charge in [0.25, 0.3) is 5.91 Å². The third-order valence-corrected chi connectivity index (χ3v) is 3.95. The molecule has 1 aromatic rings. The molecule has 0 radical (unpaired) electrons. The van der Waals surface area contributed by atoms with Gasteiger partial charge in [0.2, 0.25) is 11.8 Å². The van der Waals surface area contributed by atoms with Crippen LogP contribution in [0.4, 0.5) is 5.69 Å². The monoisotopic (exact) mass is 331 g/mol. The van der Waals surface area contributed by atoms with E-state index >= 15 is 0 Å². The van der Waals surface area contributed by atoms with Gasteiger partial charge in [-0.15, -0.1) is 0 Å². The van der Waals surface area contributed by atoms with Gasteiger partial charge in [-0.1, -0.05) is 20.8 Å². The standard InChI is InChI=1S/C18H25N3O3/c1-13(22)19-15-7-5-14(6-8-15)16(23)20-9-11-21(12-10-20)17(24)18(2,3)4/h5-8H,9-12H2,1-4H3,(H,19,22). The van der Waals surface area contributed by atoms with Gasteiger partial charge < -0.3 is 15.1 Å². The molecule has 0 spiro atoms. The Kier molecular flexibility index (Phi) is 5.26. The number of carbonyl (C=O) groups is 3. The van der Waals surface area contributed by atoms with E-state index in [0.717, 1.165) is 0 Å². The Bertz CT molecular complexity index is 624. The Morgan fingerprint density at radius 2 is 1.42 bits per heavy atom. The number of nitrogens with zero attached hydrogens (tertiary/aromatic N) is 2. The van der Waals surface area contributed by atoms with Crippen molar-refractivity contribution in [3.05, 3.63) is 29.8 Å². The number of anilines is 1. The fourth-order valence-corrected chi connectivity index (χ4v) is 2.67. The number of rotatable bonds is 2. The molecule has 0 unspecified atom stereocenters. The minimum absolute atomic E-state index is 0.0489. The van der Waals surface area contributed by atoms with Crippen molar-refractivity contribution in [2.45, 2.75) is 27.7 Å². The zero-order chi connectivity index (χ0) is 17.9. The summed E-state index contributed by atoms with van der Waals surface area (Å²) in [6.07, 6.45) is 0. The quantitative estimate of drug-likeness (QED) is 0.901. The Morgan fingerprint density at radius 3 is 1.88 bits per heavy atom. The Balaban J connectivity index is 1.95. The molecule has 1 N–H and O–H groups in total. The van der Waals surface area contributed by atoms with E-state index in [2.05, 4.69) is 5.32 Å². The summed E-state index contributed by atoms with van der Waals surface area (Å²) in [6, 6.07) is 6.85. The van der Waals surface area contributed by atoms with Crippen LogP contribution < -0.4 is 5.32 Å². The van der Waals surface area contributed by atoms with Crippen LogP contribution in [0.3, 0.4) is 0 Å². The van der Waals surface area contributed by atoms with Crippen molar-refractivity contribution in [1.82, 2.24) is 9.80 Å². The zero-order valence-electron chi connectivity index (χ0n) is 14.8. The van der Waals surface area contributed by atoms with Gasteiger partial charge >= 0.3 is 0 Å². The first kappa shape index (κ1) is 18.0. The van der Waals surface area contributed by atoms with E-state index in [-0.39, 0.29) is 17.7 Å². The molecule has 2 rings (SSSR count). The molecule has 6 heteroatoms. The van der Waals surface area contributed by atoms with E-state index in [1.54, 1.807) is 29.2 Å². The maximum atomic E-state index is 12.5. The summed E-state index contributed by atoms with van der Waals surface area (Å²) in [5.41, 5.74) is 0.852. The maximum absolute atomic E-state index is 12.5. The number of hydrogen-bond donors (Lipinski definition) is 1. The lowest BCUT2D eigenvalue weighted by Gasteiger charge is -2.37. The van der Waals surface area contributed by atoms with Crippen LogP contribution >= 0.6 is 0 Å². The van der Waals surface area contributed by atoms with Gasteiger partial charge in [-0.3, -0.25) is 14.4 Å². The van der Waals surface area contributed by atoms with Gasteiger partial charge in [-0.25, -0.2) is 0 Å². The average Bonchev–Trinajstić information content (AvgIpc) is 2.53. The summed E-state index contributed by atoms with van der Waals surface area (Å²) in [5.74, 6) is -0.0739. The number of carbonyl (C=O) groups excluding carboxylic acids is 3. The van der Waals surface area contributed by atoms with Crippen molar-refractivity contribution in [2.24, 2.45) is 5.41 Å². The van der Waals surface area contributed by atoms with Crippen LogP contribution in [0.2, 0.25) is 0 Å². The molecule has 1 aromatic carbocycles. The number of piperazine rings is 1. The van der Waals surface area contributed by atoms with Gasteiger partial charge in [-0.05, 0) is 24.3 Å². The molecule has 0 atom stereocenters. The fourth-order valence-electron chi connectivity index (χ4n) is 2.67. The smallest absolute Gasteiger partial charge is 0.253 e. The highest BCUT2D eigenvalue weighted by atomic mass is 16.2. The lowest BCUT2D eigenvalue weighted by atomic mass is 9.94. The number of benzene rings is 1. The molecule has 0 aromatic heterocycles. The van der Waals surface area contributed by atoms with Gasteiger partial charge in [0.05, 0.1) is 0 Å². The molecule has 3 amide bonds. The number of amides is 3. The number of nitrogens with one attached hydrogen (secondary N) is 1. The van der Waals surface area contributed by atoms with Crippen LogP contribution in [0.1, 0.15) is 38.1 Å². The molecule has 6 nitrogen and oxygen atoms in total. The van der Waals surface area contributed by atoms with Crippen molar-refractivity contribution in [3.63, 3.8) is 0 Å². The predicted octanol–water partition coefficient (Wildman–Crippen LogP) is 1.98. The SMILES string of the molecule is CC(=O)Nc1ccc(C(=O)N2CCN(C(=O)C(C)(C)C)CC2)cc1. The van der Waals surface area contributed by atoms with Crippen LogP contribution in [0.15, 0.2) is 24.3 Å². The van der Waals surface area contributed by atoms with Crippen molar-refractivity contribution in [2.75, 3.05) is 31.5 Å². The summed E-state index contributed by atoms with van der Waals surface area (Å²) < 4.78 is 0. The zero-order valence-corrected chi connectivity index (χ0v) is 14.8. The van der Waals surface area contributed by atoms with Crippen molar-refractivity contribution < 1.29 is 14.4 Å². The van der Waals surface area contributed by atoms with Gasteiger partial charge in [-0.2, -0.15) is 0 Å². The third-order valence-electron chi connectivity index (χ3n) is 3.95. The highest BCUT2D eigenvalue weighted by molar-refractivity contribution is 5.95. The Hall–Kier alpha value is -2.37. The minimum atomic E-state index is -0.397. The second-order valence-corrected chi connectivity index (χ2v) is 7.09. The van der Waals surface area contributed by atoms with Crippen LogP contribution in [-0.2, 0) is 9.59 Å². The highest BCUT2D eigenvalue weighted by Gasteiger charge is 2.31. The molecule has 1 aliphatic rings. The Morgan fingerprint density at radius 1 is 0.917 bits per heavy atom. The van der Waals surface area contributed by atoms with E-state index in [1.165, 1.54) is 6.92 Å². The molecule has 1 fully saturated rings. The first-order chi connectivity index (χ1) is 11.2. The molecular formula is C18H25N3O3. The first-order valence-electron chi connectivity index (χ1n) is 8.15. The van der Waals surface area contributed by atoms with Crippen molar-refractivity contribution in [3.8, 4) is 0 Å². The fraction of sp³-hybridized carbons (Fsp3) is 0.500. The predicted molar refractivity (Wildman–Crippen MR) is 92.7 cm³/mol. The molecule has 1 saturated heterocycles. The average molecular weight is 331 g/mol. The molecular weight excluding hydrogens is 306 g/mol. The first-order valence-corrected chi connectivity index (χ1v) is 8.15. The van der Waals surface area contributed by atoms with Crippen molar-refractivity contribution >= 4 is 23.4 Å². The van der Waals surface area contributed by atoms with Crippen LogP contribution in [0.5, 0.6) is 0 Å². The van der Waals surface area contributed by atoms with Crippen LogP contribution in [0, 0.1) is 5.41 Å². The summed E-state index contributed by atoms with van der Waals surface area (Å²) in [6.45, 7) is 9.35. The maximum Gasteiger partial charge on any atom is 0.253 e. The van der Waals surface area contributed by atoms with Gasteiger partial charge in [0.1, 0.15) is 0 Å². The van der Waals surface area contributed by atoms with Gasteiger partial charge in [0, 0.05) is 49.8 Å². The van der Waals surface area contributed by atoms with E-state index < -0.39 is 5.41 Å². The van der Waals surface area contributed by atoms with Crippen molar-refractivity contribution in [1.29, 1.82) is 0 Å². The summed E-state index contributed by atoms with van der Waals surface area (Å²) in [5, 5.41) is 2.67. The molecule has 0 aliphatic carbocycles. The molecule has 130 valence electrons. The molecule has 0 saturated carbocycles. The van der Waals surface area contributed by atoms with E-state index in [0.29, 0.717) is 37.4 Å². The lowest BCUT2D eigenvalue weighted by molar-refractivity contribution is -0.140. The Labute approximate surface area is 142 Å². The minimum Gasteiger partial charge on any atom is -0.339 e. The molecule has 1 aliphatic heterocycles.